The van der Waals surface area contributed by atoms with Gasteiger partial charge in [0.05, 0.1) is 29.8 Å². The number of thiol groups is 1. The molecule has 2 aromatic heterocycles. The predicted octanol–water partition coefficient (Wildman–Crippen LogP) is 4.53. The number of carbonyl (C=O) groups excluding carboxylic acids is 1. The monoisotopic (exact) mass is 449 g/mol. The molecule has 4 aromatic rings. The Bertz CT molecular complexity index is 1390. The van der Waals surface area contributed by atoms with Crippen LogP contribution in [0.15, 0.2) is 41.7 Å². The summed E-state index contributed by atoms with van der Waals surface area (Å²) in [5.41, 5.74) is 3.67. The van der Waals surface area contributed by atoms with E-state index in [-0.39, 0.29) is 23.6 Å². The summed E-state index contributed by atoms with van der Waals surface area (Å²) in [5, 5.41) is 23.4. The van der Waals surface area contributed by atoms with Crippen LogP contribution in [-0.2, 0) is 4.79 Å². The molecule has 1 aliphatic heterocycles. The van der Waals surface area contributed by atoms with E-state index in [1.807, 2.05) is 31.3 Å². The van der Waals surface area contributed by atoms with Crippen LogP contribution in [0.5, 0.6) is 11.5 Å². The molecule has 2 aromatic carbocycles. The van der Waals surface area contributed by atoms with Gasteiger partial charge in [-0.1, -0.05) is 0 Å². The van der Waals surface area contributed by atoms with Crippen LogP contribution in [0, 0.1) is 0 Å². The fourth-order valence-electron chi connectivity index (χ4n) is 4.33. The number of phenols is 1. The lowest BCUT2D eigenvalue weighted by Crippen LogP contribution is -2.08. The molecule has 1 amide bonds. The van der Waals surface area contributed by atoms with Crippen LogP contribution in [0.25, 0.3) is 28.0 Å². The Balaban J connectivity index is 1.76. The third-order valence-corrected chi connectivity index (χ3v) is 6.30. The van der Waals surface area contributed by atoms with Gasteiger partial charge in [-0.3, -0.25) is 9.36 Å². The van der Waals surface area contributed by atoms with Gasteiger partial charge in [0.2, 0.25) is 5.91 Å². The van der Waals surface area contributed by atoms with Crippen molar-refractivity contribution in [3.8, 4) is 28.6 Å². The SMILES string of the molecule is COc1ccc(-n2c(S)nnc2-c2cc3c(cc2O)NC(=O)C3C)c2ccn(C(C)C)c12. The third-order valence-electron chi connectivity index (χ3n) is 6.01. The largest absolute Gasteiger partial charge is 0.507 e. The fourth-order valence-corrected chi connectivity index (χ4v) is 4.58. The summed E-state index contributed by atoms with van der Waals surface area (Å²) in [5.74, 6) is 0.788. The summed E-state index contributed by atoms with van der Waals surface area (Å²) in [6.45, 7) is 6.05. The lowest BCUT2D eigenvalue weighted by Gasteiger charge is -2.16. The molecule has 32 heavy (non-hydrogen) atoms. The number of hydrogen-bond donors (Lipinski definition) is 3. The van der Waals surface area contributed by atoms with Gasteiger partial charge in [-0.2, -0.15) is 0 Å². The molecule has 0 saturated carbocycles. The first-order valence-electron chi connectivity index (χ1n) is 10.3. The summed E-state index contributed by atoms with van der Waals surface area (Å²) in [7, 11) is 1.65. The van der Waals surface area contributed by atoms with Gasteiger partial charge >= 0.3 is 0 Å². The van der Waals surface area contributed by atoms with Gasteiger partial charge in [0.25, 0.3) is 0 Å². The van der Waals surface area contributed by atoms with Crippen LogP contribution in [0.4, 0.5) is 5.69 Å². The van der Waals surface area contributed by atoms with Gasteiger partial charge in [-0.15, -0.1) is 22.8 Å². The minimum atomic E-state index is -0.316. The van der Waals surface area contributed by atoms with Crippen molar-refractivity contribution in [1.82, 2.24) is 19.3 Å². The van der Waals surface area contributed by atoms with Crippen molar-refractivity contribution in [2.45, 2.75) is 37.9 Å². The first kappa shape index (κ1) is 20.4. The highest BCUT2D eigenvalue weighted by Crippen LogP contribution is 2.42. The van der Waals surface area contributed by atoms with Crippen LogP contribution in [0.2, 0.25) is 0 Å². The van der Waals surface area contributed by atoms with E-state index < -0.39 is 0 Å². The smallest absolute Gasteiger partial charge is 0.231 e. The van der Waals surface area contributed by atoms with Crippen molar-refractivity contribution in [2.75, 3.05) is 12.4 Å². The highest BCUT2D eigenvalue weighted by molar-refractivity contribution is 7.80. The van der Waals surface area contributed by atoms with Crippen LogP contribution >= 0.6 is 12.6 Å². The number of benzene rings is 2. The van der Waals surface area contributed by atoms with Gasteiger partial charge in [0.15, 0.2) is 11.0 Å². The summed E-state index contributed by atoms with van der Waals surface area (Å²) in [6, 6.07) is 9.44. The normalized spacial score (nSPS) is 15.4. The second-order valence-electron chi connectivity index (χ2n) is 8.19. The molecule has 0 spiro atoms. The minimum Gasteiger partial charge on any atom is -0.507 e. The van der Waals surface area contributed by atoms with Crippen LogP contribution in [0.3, 0.4) is 0 Å². The number of fused-ring (bicyclic) bond motifs is 2. The number of anilines is 1. The zero-order chi connectivity index (χ0) is 22.7. The number of nitrogens with zero attached hydrogens (tertiary/aromatic N) is 4. The van der Waals surface area contributed by atoms with Gasteiger partial charge in [0.1, 0.15) is 11.5 Å². The summed E-state index contributed by atoms with van der Waals surface area (Å²) < 4.78 is 9.57. The number of carbonyl (C=O) groups is 1. The molecule has 2 N–H and O–H groups in total. The maximum Gasteiger partial charge on any atom is 0.231 e. The first-order chi connectivity index (χ1) is 15.3. The zero-order valence-electron chi connectivity index (χ0n) is 18.1. The average Bonchev–Trinajstić information content (AvgIpc) is 3.43. The molecule has 0 radical (unpaired) electrons. The Morgan fingerprint density at radius 3 is 2.72 bits per heavy atom. The Morgan fingerprint density at radius 2 is 2.00 bits per heavy atom. The molecule has 1 unspecified atom stereocenters. The highest BCUT2D eigenvalue weighted by atomic mass is 32.1. The molecule has 9 heteroatoms. The summed E-state index contributed by atoms with van der Waals surface area (Å²) in [6.07, 6.45) is 2.02. The predicted molar refractivity (Wildman–Crippen MR) is 125 cm³/mol. The maximum atomic E-state index is 12.1. The molecule has 1 aliphatic rings. The zero-order valence-corrected chi connectivity index (χ0v) is 19.0. The van der Waals surface area contributed by atoms with Gasteiger partial charge in [0, 0.05) is 29.4 Å². The van der Waals surface area contributed by atoms with Crippen LogP contribution < -0.4 is 10.1 Å². The Labute approximate surface area is 190 Å². The lowest BCUT2D eigenvalue weighted by molar-refractivity contribution is -0.116. The Morgan fingerprint density at radius 1 is 1.22 bits per heavy atom. The van der Waals surface area contributed by atoms with E-state index in [0.717, 1.165) is 27.9 Å². The number of ether oxygens (including phenoxy) is 1. The molecule has 8 nitrogen and oxygen atoms in total. The van der Waals surface area contributed by atoms with E-state index in [0.29, 0.717) is 22.2 Å². The first-order valence-corrected chi connectivity index (χ1v) is 10.8. The maximum absolute atomic E-state index is 12.1. The number of methoxy groups -OCH3 is 1. The highest BCUT2D eigenvalue weighted by Gasteiger charge is 2.30. The number of rotatable bonds is 4. The van der Waals surface area contributed by atoms with Gasteiger partial charge in [-0.05, 0) is 50.6 Å². The number of hydrogen-bond acceptors (Lipinski definition) is 6. The molecular weight excluding hydrogens is 426 g/mol. The van der Waals surface area contributed by atoms with Crippen molar-refractivity contribution < 1.29 is 14.6 Å². The van der Waals surface area contributed by atoms with Crippen molar-refractivity contribution in [2.24, 2.45) is 0 Å². The van der Waals surface area contributed by atoms with Crippen molar-refractivity contribution >= 4 is 35.1 Å². The van der Waals surface area contributed by atoms with Crippen LogP contribution in [-0.4, -0.2) is 37.5 Å². The molecule has 5 rings (SSSR count). The molecule has 164 valence electrons. The van der Waals surface area contributed by atoms with Crippen LogP contribution in [0.1, 0.15) is 38.3 Å². The van der Waals surface area contributed by atoms with Gasteiger partial charge < -0.3 is 19.7 Å². The van der Waals surface area contributed by atoms with Crippen molar-refractivity contribution in [1.29, 1.82) is 0 Å². The average molecular weight is 450 g/mol. The molecule has 0 bridgehead atoms. The Kier molecular flexibility index (Phi) is 4.67. The molecule has 1 atom stereocenters. The third kappa shape index (κ3) is 2.88. The topological polar surface area (TPSA) is 94.2 Å². The minimum absolute atomic E-state index is 0.00430. The molecule has 0 aliphatic carbocycles. The van der Waals surface area contributed by atoms with E-state index in [1.165, 1.54) is 0 Å². The van der Waals surface area contributed by atoms with Crippen molar-refractivity contribution in [3.63, 3.8) is 0 Å². The lowest BCUT2D eigenvalue weighted by atomic mass is 9.99. The summed E-state index contributed by atoms with van der Waals surface area (Å²) >= 11 is 4.55. The molecule has 0 fully saturated rings. The fraction of sp³-hybridized carbons (Fsp3) is 0.261. The number of aromatic hydroxyl groups is 1. The van der Waals surface area contributed by atoms with E-state index in [9.17, 15) is 9.90 Å². The number of phenolic OH excluding ortho intramolecular Hbond substituents is 1. The van der Waals surface area contributed by atoms with E-state index in [2.05, 4.69) is 46.6 Å². The Hall–Kier alpha value is -3.46. The number of aromatic nitrogens is 4. The summed E-state index contributed by atoms with van der Waals surface area (Å²) in [4.78, 5) is 12.1. The van der Waals surface area contributed by atoms with Crippen molar-refractivity contribution in [3.05, 3.63) is 42.1 Å². The van der Waals surface area contributed by atoms with E-state index in [4.69, 9.17) is 4.74 Å². The number of amides is 1. The number of nitrogens with one attached hydrogen (secondary N) is 1. The van der Waals surface area contributed by atoms with E-state index in [1.54, 1.807) is 23.8 Å². The van der Waals surface area contributed by atoms with E-state index >= 15 is 0 Å². The second kappa shape index (κ2) is 7.30. The molecule has 0 saturated heterocycles. The standard InChI is InChI=1S/C23H23N5O3S/c1-11(2)27-8-7-13-17(5-6-19(31-4)20(13)27)28-21(25-26-23(28)32)15-9-14-12(3)22(30)24-16(14)10-18(15)29/h5-12,29H,1-4H3,(H,24,30)(H,26,32). The molecular formula is C23H23N5O3S. The quantitative estimate of drug-likeness (QED) is 0.398. The molecule has 3 heterocycles. The van der Waals surface area contributed by atoms with Gasteiger partial charge in [-0.25, -0.2) is 0 Å². The second-order valence-corrected chi connectivity index (χ2v) is 8.59.